The van der Waals surface area contributed by atoms with Crippen LogP contribution in [0.3, 0.4) is 0 Å². The minimum atomic E-state index is -0.119. The van der Waals surface area contributed by atoms with Gasteiger partial charge in [-0.2, -0.15) is 0 Å². The van der Waals surface area contributed by atoms with E-state index in [-0.39, 0.29) is 30.6 Å². The summed E-state index contributed by atoms with van der Waals surface area (Å²) in [4.78, 5) is 2.49. The first-order valence-electron chi connectivity index (χ1n) is 6.93. The number of nitrogens with one attached hydrogen (secondary N) is 1. The maximum absolute atomic E-state index is 13.5. The average molecular weight is 323 g/mol. The van der Waals surface area contributed by atoms with Crippen LogP contribution in [0.5, 0.6) is 0 Å². The molecule has 0 aliphatic carbocycles. The normalized spacial score (nSPS) is 16.9. The summed E-state index contributed by atoms with van der Waals surface area (Å²) in [5, 5.41) is 3.37. The van der Waals surface area contributed by atoms with Crippen LogP contribution in [-0.4, -0.2) is 31.1 Å². The molecule has 1 saturated heterocycles. The number of rotatable bonds is 4. The lowest BCUT2D eigenvalue weighted by molar-refractivity contribution is 0.164. The zero-order valence-electron chi connectivity index (χ0n) is 12.2. The smallest absolute Gasteiger partial charge is 0.123 e. The maximum atomic E-state index is 13.5. The lowest BCUT2D eigenvalue weighted by atomic mass is 9.95. The molecule has 20 heavy (non-hydrogen) atoms. The largest absolute Gasteiger partial charge is 0.314 e. The van der Waals surface area contributed by atoms with E-state index < -0.39 is 0 Å². The van der Waals surface area contributed by atoms with E-state index in [0.29, 0.717) is 6.04 Å². The van der Waals surface area contributed by atoms with Crippen molar-refractivity contribution in [3.05, 3.63) is 35.1 Å². The van der Waals surface area contributed by atoms with E-state index in [1.54, 1.807) is 12.1 Å². The molecule has 1 aromatic rings. The van der Waals surface area contributed by atoms with Gasteiger partial charge in [-0.3, -0.25) is 4.90 Å². The average Bonchev–Trinajstić information content (AvgIpc) is 2.40. The number of benzene rings is 1. The van der Waals surface area contributed by atoms with Gasteiger partial charge in [-0.25, -0.2) is 4.39 Å². The summed E-state index contributed by atoms with van der Waals surface area (Å²) in [6, 6.07) is 5.54. The Morgan fingerprint density at radius 3 is 2.50 bits per heavy atom. The molecule has 1 heterocycles. The van der Waals surface area contributed by atoms with Crippen LogP contribution < -0.4 is 5.32 Å². The van der Waals surface area contributed by atoms with Gasteiger partial charge >= 0.3 is 0 Å². The summed E-state index contributed by atoms with van der Waals surface area (Å²) in [6.07, 6.45) is 2.23. The van der Waals surface area contributed by atoms with Crippen LogP contribution in [0.15, 0.2) is 18.2 Å². The highest BCUT2D eigenvalue weighted by Gasteiger charge is 2.22. The molecule has 1 aliphatic rings. The van der Waals surface area contributed by atoms with Gasteiger partial charge in [-0.05, 0) is 36.6 Å². The number of hydrogen-bond donors (Lipinski definition) is 1. The fraction of sp³-hybridized carbons (Fsp3) is 0.600. The minimum Gasteiger partial charge on any atom is -0.314 e. The molecule has 0 bridgehead atoms. The van der Waals surface area contributed by atoms with Crippen molar-refractivity contribution in [3.8, 4) is 0 Å². The quantitative estimate of drug-likeness (QED) is 0.908. The molecule has 0 amide bonds. The number of hydrogen-bond acceptors (Lipinski definition) is 2. The molecule has 1 aliphatic heterocycles. The molecular weight excluding hydrogens is 298 g/mol. The monoisotopic (exact) mass is 322 g/mol. The van der Waals surface area contributed by atoms with Gasteiger partial charge < -0.3 is 5.32 Å². The van der Waals surface area contributed by atoms with E-state index >= 15 is 0 Å². The summed E-state index contributed by atoms with van der Waals surface area (Å²) in [7, 11) is 0. The van der Waals surface area contributed by atoms with Crippen molar-refractivity contribution in [1.82, 2.24) is 10.2 Å². The highest BCUT2D eigenvalue weighted by Crippen LogP contribution is 2.29. The van der Waals surface area contributed by atoms with Crippen molar-refractivity contribution in [2.75, 3.05) is 26.2 Å². The Labute approximate surface area is 133 Å². The Morgan fingerprint density at radius 1 is 1.25 bits per heavy atom. The van der Waals surface area contributed by atoms with Crippen LogP contribution in [0.1, 0.15) is 36.9 Å². The Hall–Kier alpha value is -0.350. The van der Waals surface area contributed by atoms with Crippen molar-refractivity contribution in [2.24, 2.45) is 0 Å². The first kappa shape index (κ1) is 19.7. The highest BCUT2D eigenvalue weighted by atomic mass is 35.5. The van der Waals surface area contributed by atoms with Crippen LogP contribution in [0.2, 0.25) is 0 Å². The number of halogens is 3. The summed E-state index contributed by atoms with van der Waals surface area (Å²) in [6.45, 7) is 8.47. The third-order valence-electron chi connectivity index (χ3n) is 3.75. The molecule has 0 radical (unpaired) electrons. The van der Waals surface area contributed by atoms with Gasteiger partial charge in [0.25, 0.3) is 0 Å². The van der Waals surface area contributed by atoms with Crippen LogP contribution in [0.4, 0.5) is 4.39 Å². The van der Waals surface area contributed by atoms with Crippen LogP contribution in [0.25, 0.3) is 0 Å². The first-order chi connectivity index (χ1) is 8.72. The topological polar surface area (TPSA) is 15.3 Å². The van der Waals surface area contributed by atoms with Gasteiger partial charge in [0.1, 0.15) is 5.82 Å². The second-order valence-corrected chi connectivity index (χ2v) is 5.09. The molecule has 5 heteroatoms. The van der Waals surface area contributed by atoms with Gasteiger partial charge in [0, 0.05) is 32.2 Å². The SMILES string of the molecule is CCC[C@@H](c1cc(F)ccc1C)N1CCNCC1.Cl.Cl. The minimum absolute atomic E-state index is 0. The van der Waals surface area contributed by atoms with Crippen molar-refractivity contribution in [2.45, 2.75) is 32.7 Å². The van der Waals surface area contributed by atoms with E-state index in [2.05, 4.69) is 24.1 Å². The molecule has 2 nitrogen and oxygen atoms in total. The van der Waals surface area contributed by atoms with Crippen LogP contribution in [0, 0.1) is 12.7 Å². The Kier molecular flexibility index (Phi) is 9.39. The standard InChI is InChI=1S/C15H23FN2.2ClH/c1-3-4-15(18-9-7-17-8-10-18)14-11-13(16)6-5-12(14)2;;/h5-6,11,15,17H,3-4,7-10H2,1-2H3;2*1H/t15-;;/m0../s1. The second-order valence-electron chi connectivity index (χ2n) is 5.09. The number of nitrogens with zero attached hydrogens (tertiary/aromatic N) is 1. The van der Waals surface area contributed by atoms with E-state index in [1.807, 2.05) is 6.07 Å². The summed E-state index contributed by atoms with van der Waals surface area (Å²) in [5.41, 5.74) is 2.37. The van der Waals surface area contributed by atoms with Crippen LogP contribution >= 0.6 is 24.8 Å². The Bertz CT molecular complexity index is 395. The van der Waals surface area contributed by atoms with E-state index in [1.165, 1.54) is 11.1 Å². The van der Waals surface area contributed by atoms with Crippen LogP contribution in [-0.2, 0) is 0 Å². The van der Waals surface area contributed by atoms with Gasteiger partial charge in [-0.1, -0.05) is 19.4 Å². The van der Waals surface area contributed by atoms with E-state index in [0.717, 1.165) is 39.0 Å². The van der Waals surface area contributed by atoms with Gasteiger partial charge in [0.15, 0.2) is 0 Å². The molecule has 1 aromatic carbocycles. The molecule has 1 fully saturated rings. The Balaban J connectivity index is 0.00000180. The fourth-order valence-corrected chi connectivity index (χ4v) is 2.77. The fourth-order valence-electron chi connectivity index (χ4n) is 2.77. The lowest BCUT2D eigenvalue weighted by Crippen LogP contribution is -2.45. The van der Waals surface area contributed by atoms with Crippen molar-refractivity contribution < 1.29 is 4.39 Å². The molecule has 0 saturated carbocycles. The summed E-state index contributed by atoms with van der Waals surface area (Å²) < 4.78 is 13.5. The van der Waals surface area contributed by atoms with Crippen molar-refractivity contribution in [3.63, 3.8) is 0 Å². The molecule has 0 unspecified atom stereocenters. The van der Waals surface area contributed by atoms with E-state index in [4.69, 9.17) is 0 Å². The zero-order valence-corrected chi connectivity index (χ0v) is 13.8. The molecule has 1 N–H and O–H groups in total. The van der Waals surface area contributed by atoms with Gasteiger partial charge in [-0.15, -0.1) is 24.8 Å². The predicted octanol–water partition coefficient (Wildman–Crippen LogP) is 3.72. The van der Waals surface area contributed by atoms with E-state index in [9.17, 15) is 4.39 Å². The zero-order chi connectivity index (χ0) is 13.0. The third-order valence-corrected chi connectivity index (χ3v) is 3.75. The predicted molar refractivity (Wildman–Crippen MR) is 87.7 cm³/mol. The van der Waals surface area contributed by atoms with Crippen molar-refractivity contribution in [1.29, 1.82) is 0 Å². The summed E-state index contributed by atoms with van der Waals surface area (Å²) in [5.74, 6) is -0.119. The molecule has 1 atom stereocenters. The molecule has 0 spiro atoms. The molecule has 116 valence electrons. The molecule has 2 rings (SSSR count). The lowest BCUT2D eigenvalue weighted by Gasteiger charge is -2.36. The van der Waals surface area contributed by atoms with Crippen molar-refractivity contribution >= 4 is 24.8 Å². The van der Waals surface area contributed by atoms with Gasteiger partial charge in [0.05, 0.1) is 0 Å². The third kappa shape index (κ3) is 4.88. The second kappa shape index (κ2) is 9.56. The molecular formula is C15H25Cl2FN2. The first-order valence-corrected chi connectivity index (χ1v) is 6.93. The molecule has 0 aromatic heterocycles. The maximum Gasteiger partial charge on any atom is 0.123 e. The highest BCUT2D eigenvalue weighted by molar-refractivity contribution is 5.85. The number of aryl methyl sites for hydroxylation is 1. The Morgan fingerprint density at radius 2 is 1.90 bits per heavy atom. The number of piperazine rings is 1. The van der Waals surface area contributed by atoms with Gasteiger partial charge in [0.2, 0.25) is 0 Å². The summed E-state index contributed by atoms with van der Waals surface area (Å²) >= 11 is 0.